The van der Waals surface area contributed by atoms with Crippen molar-refractivity contribution in [3.8, 4) is 0 Å². The first-order valence-corrected chi connectivity index (χ1v) is 20.6. The molecule has 11 atom stereocenters. The van der Waals surface area contributed by atoms with Crippen molar-refractivity contribution in [1.82, 2.24) is 5.32 Å². The number of hydrogen-bond donors (Lipinski definition) is 4. The number of esters is 4. The Hall–Kier alpha value is -4.70. The van der Waals surface area contributed by atoms with Gasteiger partial charge in [-0.2, -0.15) is 0 Å². The summed E-state index contributed by atoms with van der Waals surface area (Å²) in [6.45, 7) is 12.0. The van der Waals surface area contributed by atoms with Crippen LogP contribution in [-0.2, 0) is 47.7 Å². The second-order valence-electron chi connectivity index (χ2n) is 17.7. The molecule has 15 heteroatoms. The normalized spacial score (nSPS) is 33.8. The molecule has 1 aromatic carbocycles. The van der Waals surface area contributed by atoms with E-state index in [-0.39, 0.29) is 36.2 Å². The van der Waals surface area contributed by atoms with Crippen LogP contribution in [0.2, 0.25) is 0 Å². The summed E-state index contributed by atoms with van der Waals surface area (Å²) in [6, 6.07) is 6.66. The number of carbonyl (C=O) groups excluding carboxylic acids is 6. The number of amides is 1. The summed E-state index contributed by atoms with van der Waals surface area (Å²) in [6.07, 6.45) is -5.04. The van der Waals surface area contributed by atoms with Crippen LogP contribution in [0, 0.1) is 16.7 Å². The summed E-state index contributed by atoms with van der Waals surface area (Å²) in [4.78, 5) is 83.3. The summed E-state index contributed by atoms with van der Waals surface area (Å²) in [7, 11) is 0. The summed E-state index contributed by atoms with van der Waals surface area (Å²) >= 11 is 0. The van der Waals surface area contributed by atoms with Crippen molar-refractivity contribution < 1.29 is 67.8 Å². The van der Waals surface area contributed by atoms with Crippen molar-refractivity contribution in [3.63, 3.8) is 0 Å². The predicted molar refractivity (Wildman–Crippen MR) is 213 cm³/mol. The van der Waals surface area contributed by atoms with E-state index in [1.807, 2.05) is 0 Å². The number of carbonyl (C=O) groups is 6. The molecular formula is C45H57NO14. The predicted octanol–water partition coefficient (Wildman–Crippen LogP) is 3.52. The molecule has 2 saturated carbocycles. The van der Waals surface area contributed by atoms with Crippen molar-refractivity contribution in [2.24, 2.45) is 16.7 Å². The zero-order chi connectivity index (χ0) is 44.1. The summed E-state index contributed by atoms with van der Waals surface area (Å²) in [5.74, 6) is -6.48. The average molecular weight is 836 g/mol. The Morgan fingerprint density at radius 1 is 1.03 bits per heavy atom. The number of Topliss-reactive ketones (excluding diaryl/α,β-unsaturated/α-hetero) is 1. The van der Waals surface area contributed by atoms with E-state index in [1.54, 1.807) is 58.9 Å². The van der Waals surface area contributed by atoms with E-state index in [0.29, 0.717) is 17.6 Å². The lowest BCUT2D eigenvalue weighted by Crippen LogP contribution is -2.82. The first kappa shape index (κ1) is 44.8. The second kappa shape index (κ2) is 16.6. The molecule has 5 aliphatic rings. The Bertz CT molecular complexity index is 2020. The maximum absolute atomic E-state index is 15.5. The minimum atomic E-state index is -2.36. The van der Waals surface area contributed by atoms with Crippen LogP contribution in [-0.4, -0.2) is 111 Å². The molecule has 0 unspecified atom stereocenters. The topological polar surface area (TPSA) is 221 Å². The molecule has 326 valence electrons. The van der Waals surface area contributed by atoms with Crippen LogP contribution in [0.25, 0.3) is 0 Å². The fourth-order valence-electron chi connectivity index (χ4n) is 10.1. The first-order valence-electron chi connectivity index (χ1n) is 20.6. The highest BCUT2D eigenvalue weighted by atomic mass is 16.6. The number of benzene rings is 1. The average Bonchev–Trinajstić information content (AvgIpc) is 3.74. The van der Waals surface area contributed by atoms with Gasteiger partial charge >= 0.3 is 23.9 Å². The van der Waals surface area contributed by atoms with E-state index in [1.165, 1.54) is 32.1 Å². The molecule has 1 saturated heterocycles. The fourth-order valence-corrected chi connectivity index (χ4v) is 10.1. The van der Waals surface area contributed by atoms with Gasteiger partial charge in [0.1, 0.15) is 23.9 Å². The third-order valence-electron chi connectivity index (χ3n) is 13.4. The van der Waals surface area contributed by atoms with Crippen molar-refractivity contribution in [2.75, 3.05) is 6.61 Å². The number of ketones is 1. The second-order valence-corrected chi connectivity index (χ2v) is 17.7. The molecule has 6 rings (SSSR count). The Labute approximate surface area is 349 Å². The van der Waals surface area contributed by atoms with Gasteiger partial charge in [-0.3, -0.25) is 19.2 Å². The Morgan fingerprint density at radius 3 is 2.28 bits per heavy atom. The van der Waals surface area contributed by atoms with Gasteiger partial charge in [-0.25, -0.2) is 9.59 Å². The van der Waals surface area contributed by atoms with Crippen LogP contribution < -0.4 is 5.32 Å². The van der Waals surface area contributed by atoms with Gasteiger partial charge in [0.05, 0.1) is 35.6 Å². The Morgan fingerprint density at radius 2 is 1.72 bits per heavy atom. The highest BCUT2D eigenvalue weighted by Crippen LogP contribution is 2.64. The maximum atomic E-state index is 15.5. The number of allylic oxidation sites excluding steroid dienone is 2. The van der Waals surface area contributed by atoms with E-state index in [0.717, 1.165) is 19.8 Å². The number of aliphatic hydroxyl groups is 3. The van der Waals surface area contributed by atoms with Gasteiger partial charge in [0.2, 0.25) is 5.91 Å². The molecule has 1 amide bonds. The van der Waals surface area contributed by atoms with Crippen LogP contribution in [0.15, 0.2) is 64.8 Å². The molecule has 1 heterocycles. The van der Waals surface area contributed by atoms with Gasteiger partial charge in [-0.1, -0.05) is 56.7 Å². The molecule has 1 aliphatic heterocycles. The molecule has 0 radical (unpaired) electrons. The Balaban J connectivity index is 1.54. The highest BCUT2D eigenvalue weighted by molar-refractivity contribution is 5.96. The van der Waals surface area contributed by atoms with Crippen LogP contribution in [0.1, 0.15) is 104 Å². The monoisotopic (exact) mass is 835 g/mol. The summed E-state index contributed by atoms with van der Waals surface area (Å²) < 4.78 is 30.4. The van der Waals surface area contributed by atoms with Gasteiger partial charge in [0.15, 0.2) is 23.6 Å². The molecule has 1 aromatic rings. The van der Waals surface area contributed by atoms with Gasteiger partial charge in [0, 0.05) is 37.2 Å². The van der Waals surface area contributed by atoms with E-state index >= 15 is 4.79 Å². The van der Waals surface area contributed by atoms with E-state index in [4.69, 9.17) is 23.7 Å². The number of nitrogens with one attached hydrogen (secondary N) is 1. The van der Waals surface area contributed by atoms with Crippen molar-refractivity contribution in [1.29, 1.82) is 0 Å². The highest BCUT2D eigenvalue weighted by Gasteiger charge is 2.78. The van der Waals surface area contributed by atoms with Gasteiger partial charge in [-0.05, 0) is 70.2 Å². The lowest BCUT2D eigenvalue weighted by atomic mass is 9.44. The number of rotatable bonds is 11. The molecule has 0 spiro atoms. The molecule has 4 N–H and O–H groups in total. The van der Waals surface area contributed by atoms with Crippen molar-refractivity contribution in [3.05, 3.63) is 70.3 Å². The zero-order valence-corrected chi connectivity index (χ0v) is 35.4. The zero-order valence-electron chi connectivity index (χ0n) is 35.4. The molecule has 3 fully saturated rings. The van der Waals surface area contributed by atoms with Crippen LogP contribution in [0.4, 0.5) is 0 Å². The van der Waals surface area contributed by atoms with Crippen molar-refractivity contribution in [2.45, 2.75) is 148 Å². The number of fused-ring (bicyclic) bond motifs is 5. The fraction of sp³-hybridized carbons (Fsp3) is 0.600. The SMILES string of the molecule is CCC(=O)O[C@H]1C(=O)[C@@]2(C)[C@H]([C@H](OC(=O)c3ccccc3)[C@]3(O)C[C@H](OC(=O)[C@H](O)[C@H](C=C(C)C)NC(=O)C4=CCCC4)C(C)=C1C3(C)C)[C@]1(OC(C)=O)CO[C@@H]1C[C@@H]2O. The van der Waals surface area contributed by atoms with Gasteiger partial charge in [0.25, 0.3) is 0 Å². The quantitative estimate of drug-likeness (QED) is 0.142. The minimum Gasteiger partial charge on any atom is -0.456 e. The van der Waals surface area contributed by atoms with Gasteiger partial charge < -0.3 is 44.3 Å². The van der Waals surface area contributed by atoms with E-state index in [9.17, 15) is 39.3 Å². The largest absolute Gasteiger partial charge is 0.456 e. The third kappa shape index (κ3) is 7.51. The molecule has 0 aromatic heterocycles. The lowest BCUT2D eigenvalue weighted by molar-refractivity contribution is -0.346. The summed E-state index contributed by atoms with van der Waals surface area (Å²) in [5, 5.41) is 40.0. The van der Waals surface area contributed by atoms with Crippen LogP contribution in [0.5, 0.6) is 0 Å². The maximum Gasteiger partial charge on any atom is 0.338 e. The minimum absolute atomic E-state index is 0.0267. The number of hydrogen-bond acceptors (Lipinski definition) is 14. The van der Waals surface area contributed by atoms with Crippen LogP contribution in [0.3, 0.4) is 0 Å². The van der Waals surface area contributed by atoms with E-state index in [2.05, 4.69) is 5.32 Å². The smallest absolute Gasteiger partial charge is 0.338 e. The van der Waals surface area contributed by atoms with E-state index < -0.39 is 113 Å². The number of aliphatic hydroxyl groups excluding tert-OH is 2. The summed E-state index contributed by atoms with van der Waals surface area (Å²) in [5.41, 5.74) is -6.27. The molecular weight excluding hydrogens is 778 g/mol. The molecule has 60 heavy (non-hydrogen) atoms. The van der Waals surface area contributed by atoms with Crippen LogP contribution >= 0.6 is 0 Å². The lowest BCUT2D eigenvalue weighted by Gasteiger charge is -2.67. The first-order chi connectivity index (χ1) is 28.1. The molecule has 2 bridgehead atoms. The van der Waals surface area contributed by atoms with Gasteiger partial charge in [-0.15, -0.1) is 0 Å². The Kier molecular flexibility index (Phi) is 12.4. The molecule has 15 nitrogen and oxygen atoms in total. The number of ether oxygens (including phenoxy) is 5. The van der Waals surface area contributed by atoms with Crippen molar-refractivity contribution >= 4 is 35.6 Å². The standard InChI is InChI=1S/C45H57NO14/c1-9-32(49)58-35-33-24(4)29(57-41(54)34(50)28(19-23(2)3)46-39(52)26-15-13-14-16-26)21-45(55,42(33,6)7)38(59-40(53)27-17-11-10-12-18-27)36-43(8,37(35)51)30(48)20-31-44(36,22-56-31)60-25(5)47/h10-12,15,17-19,28-31,34-36,38,48,50,55H,9,13-14,16,20-22H2,1-8H3,(H,46,52)/t28-,29-,30-,31+,34+,35+,36-,38-,43+,44-,45+/m0/s1. The third-order valence-corrected chi connectivity index (χ3v) is 13.4. The molecule has 4 aliphatic carbocycles.